The second-order valence-electron chi connectivity index (χ2n) is 7.47. The van der Waals surface area contributed by atoms with Crippen molar-refractivity contribution in [3.05, 3.63) is 60.3 Å². The summed E-state index contributed by atoms with van der Waals surface area (Å²) < 4.78 is 13.8. The van der Waals surface area contributed by atoms with E-state index < -0.39 is 0 Å². The van der Waals surface area contributed by atoms with Gasteiger partial charge >= 0.3 is 0 Å². The highest BCUT2D eigenvalue weighted by molar-refractivity contribution is 5.79. The van der Waals surface area contributed by atoms with Crippen LogP contribution in [0.15, 0.2) is 48.7 Å². The molecule has 2 aromatic heterocycles. The topological polar surface area (TPSA) is 96.7 Å². The predicted octanol–water partition coefficient (Wildman–Crippen LogP) is 3.41. The van der Waals surface area contributed by atoms with E-state index in [-0.39, 0.29) is 30.2 Å². The zero-order valence-electron chi connectivity index (χ0n) is 16.1. The van der Waals surface area contributed by atoms with Gasteiger partial charge in [0.1, 0.15) is 11.6 Å². The molecule has 4 N–H and O–H groups in total. The minimum atomic E-state index is -0.332. The molecule has 4 rings (SSSR count). The second-order valence-corrected chi connectivity index (χ2v) is 7.47. The number of benzene rings is 1. The molecule has 0 saturated heterocycles. The summed E-state index contributed by atoms with van der Waals surface area (Å²) in [6.07, 6.45) is 5.24. The number of hydrogen-bond donors (Lipinski definition) is 3. The molecule has 0 radical (unpaired) electrons. The summed E-state index contributed by atoms with van der Waals surface area (Å²) in [6.45, 7) is 0.264. The van der Waals surface area contributed by atoms with E-state index in [2.05, 4.69) is 20.3 Å². The number of amides is 1. The summed E-state index contributed by atoms with van der Waals surface area (Å²) >= 11 is 0. The molecule has 1 saturated carbocycles. The molecule has 1 amide bonds. The number of carbonyl (C=O) groups excluding carboxylic acids is 1. The average Bonchev–Trinajstić information content (AvgIpc) is 3.17. The van der Waals surface area contributed by atoms with Gasteiger partial charge in [-0.2, -0.15) is 0 Å². The number of aromatic amines is 1. The SMILES string of the molecule is N[C@H]1CCC[C@@H](C(=O)NCc2nc(-c3cccc(F)c3)c(-c3ccccn3)[nH]2)C1. The van der Waals surface area contributed by atoms with Crippen LogP contribution in [-0.4, -0.2) is 26.9 Å². The average molecular weight is 393 g/mol. The van der Waals surface area contributed by atoms with Gasteiger partial charge in [-0.1, -0.05) is 24.6 Å². The van der Waals surface area contributed by atoms with Crippen molar-refractivity contribution in [2.45, 2.75) is 38.3 Å². The maximum absolute atomic E-state index is 13.8. The van der Waals surface area contributed by atoms with Crippen LogP contribution in [0.4, 0.5) is 4.39 Å². The van der Waals surface area contributed by atoms with Crippen molar-refractivity contribution in [3.8, 4) is 22.6 Å². The molecule has 150 valence electrons. The first-order chi connectivity index (χ1) is 14.1. The Labute approximate surface area is 168 Å². The quantitative estimate of drug-likeness (QED) is 0.619. The van der Waals surface area contributed by atoms with Gasteiger partial charge in [0.15, 0.2) is 0 Å². The zero-order valence-corrected chi connectivity index (χ0v) is 16.1. The third-order valence-electron chi connectivity index (χ3n) is 5.29. The van der Waals surface area contributed by atoms with Crippen LogP contribution in [0, 0.1) is 11.7 Å². The molecule has 1 aliphatic rings. The van der Waals surface area contributed by atoms with Gasteiger partial charge < -0.3 is 16.0 Å². The number of rotatable bonds is 5. The number of nitrogens with one attached hydrogen (secondary N) is 2. The van der Waals surface area contributed by atoms with Gasteiger partial charge in [0.05, 0.1) is 23.6 Å². The molecule has 29 heavy (non-hydrogen) atoms. The highest BCUT2D eigenvalue weighted by atomic mass is 19.1. The zero-order chi connectivity index (χ0) is 20.2. The smallest absolute Gasteiger partial charge is 0.223 e. The molecule has 2 atom stereocenters. The number of carbonyl (C=O) groups is 1. The Morgan fingerprint density at radius 2 is 2.14 bits per heavy atom. The molecule has 1 fully saturated rings. The summed E-state index contributed by atoms with van der Waals surface area (Å²) in [6, 6.07) is 12.0. The van der Waals surface area contributed by atoms with Crippen molar-refractivity contribution in [1.82, 2.24) is 20.3 Å². The second kappa shape index (κ2) is 8.53. The Hall–Kier alpha value is -3.06. The number of imidazole rings is 1. The van der Waals surface area contributed by atoms with Gasteiger partial charge in [0.25, 0.3) is 0 Å². The summed E-state index contributed by atoms with van der Waals surface area (Å²) in [5.41, 5.74) is 8.65. The summed E-state index contributed by atoms with van der Waals surface area (Å²) in [4.78, 5) is 24.8. The fourth-order valence-electron chi connectivity index (χ4n) is 3.83. The molecule has 0 aliphatic heterocycles. The van der Waals surface area contributed by atoms with E-state index in [1.807, 2.05) is 18.2 Å². The molecule has 6 nitrogen and oxygen atoms in total. The molecule has 1 aromatic carbocycles. The first kappa shape index (κ1) is 19.3. The van der Waals surface area contributed by atoms with E-state index in [0.29, 0.717) is 28.5 Å². The van der Waals surface area contributed by atoms with Gasteiger partial charge in [-0.3, -0.25) is 9.78 Å². The van der Waals surface area contributed by atoms with Crippen molar-refractivity contribution < 1.29 is 9.18 Å². The van der Waals surface area contributed by atoms with Crippen LogP contribution in [0.3, 0.4) is 0 Å². The number of hydrogen-bond acceptors (Lipinski definition) is 4. The van der Waals surface area contributed by atoms with Crippen LogP contribution in [0.2, 0.25) is 0 Å². The fourth-order valence-corrected chi connectivity index (χ4v) is 3.83. The number of pyridine rings is 1. The monoisotopic (exact) mass is 393 g/mol. The lowest BCUT2D eigenvalue weighted by atomic mass is 9.85. The highest BCUT2D eigenvalue weighted by Crippen LogP contribution is 2.29. The van der Waals surface area contributed by atoms with Crippen molar-refractivity contribution in [3.63, 3.8) is 0 Å². The third-order valence-corrected chi connectivity index (χ3v) is 5.29. The largest absolute Gasteiger partial charge is 0.349 e. The van der Waals surface area contributed by atoms with E-state index in [9.17, 15) is 9.18 Å². The number of nitrogens with two attached hydrogens (primary N) is 1. The van der Waals surface area contributed by atoms with Gasteiger partial charge in [-0.25, -0.2) is 9.37 Å². The molecule has 7 heteroatoms. The summed E-state index contributed by atoms with van der Waals surface area (Å²) in [5.74, 6) is 0.217. The predicted molar refractivity (Wildman–Crippen MR) is 109 cm³/mol. The van der Waals surface area contributed by atoms with Crippen LogP contribution in [-0.2, 0) is 11.3 Å². The van der Waals surface area contributed by atoms with Crippen LogP contribution in [0.1, 0.15) is 31.5 Å². The van der Waals surface area contributed by atoms with Crippen LogP contribution >= 0.6 is 0 Å². The molecule has 1 aliphatic carbocycles. The molecular weight excluding hydrogens is 369 g/mol. The Bertz CT molecular complexity index is 988. The van der Waals surface area contributed by atoms with Gasteiger partial charge in [-0.05, 0) is 43.5 Å². The number of nitrogens with zero attached hydrogens (tertiary/aromatic N) is 2. The maximum Gasteiger partial charge on any atom is 0.223 e. The van der Waals surface area contributed by atoms with Gasteiger partial charge in [0.2, 0.25) is 5.91 Å². The van der Waals surface area contributed by atoms with Crippen LogP contribution in [0.5, 0.6) is 0 Å². The first-order valence-corrected chi connectivity index (χ1v) is 9.89. The molecule has 0 spiro atoms. The Kier molecular flexibility index (Phi) is 5.67. The van der Waals surface area contributed by atoms with E-state index >= 15 is 0 Å². The standard InChI is InChI=1S/C22H24FN5O/c23-16-7-3-5-14(11-16)20-21(18-9-1-2-10-25-18)28-19(27-20)13-26-22(29)15-6-4-8-17(24)12-15/h1-3,5,7,9-11,15,17H,4,6,8,12-13,24H2,(H,26,29)(H,27,28)/t15-,17+/m1/s1. The number of aromatic nitrogens is 3. The van der Waals surface area contributed by atoms with Crippen molar-refractivity contribution in [1.29, 1.82) is 0 Å². The van der Waals surface area contributed by atoms with E-state index in [1.54, 1.807) is 18.3 Å². The van der Waals surface area contributed by atoms with Crippen LogP contribution in [0.25, 0.3) is 22.6 Å². The Morgan fingerprint density at radius 3 is 2.90 bits per heavy atom. The van der Waals surface area contributed by atoms with Gasteiger partial charge in [0, 0.05) is 23.7 Å². The molecule has 2 heterocycles. The van der Waals surface area contributed by atoms with Crippen LogP contribution < -0.4 is 11.1 Å². The van der Waals surface area contributed by atoms with E-state index in [0.717, 1.165) is 25.7 Å². The molecule has 3 aromatic rings. The third kappa shape index (κ3) is 4.51. The minimum Gasteiger partial charge on any atom is -0.349 e. The minimum absolute atomic E-state index is 0.00300. The number of halogens is 1. The lowest BCUT2D eigenvalue weighted by Crippen LogP contribution is -2.37. The Balaban J connectivity index is 1.57. The molecule has 0 unspecified atom stereocenters. The summed E-state index contributed by atoms with van der Waals surface area (Å²) in [5, 5.41) is 2.96. The number of H-pyrrole nitrogens is 1. The van der Waals surface area contributed by atoms with E-state index in [1.165, 1.54) is 12.1 Å². The maximum atomic E-state index is 13.8. The first-order valence-electron chi connectivity index (χ1n) is 9.89. The van der Waals surface area contributed by atoms with E-state index in [4.69, 9.17) is 5.73 Å². The molecular formula is C22H24FN5O. The van der Waals surface area contributed by atoms with Gasteiger partial charge in [-0.15, -0.1) is 0 Å². The van der Waals surface area contributed by atoms with Crippen molar-refractivity contribution in [2.75, 3.05) is 0 Å². The van der Waals surface area contributed by atoms with Crippen molar-refractivity contribution >= 4 is 5.91 Å². The lowest BCUT2D eigenvalue weighted by Gasteiger charge is -2.25. The normalized spacial score (nSPS) is 19.1. The summed E-state index contributed by atoms with van der Waals surface area (Å²) in [7, 11) is 0. The molecule has 0 bridgehead atoms. The Morgan fingerprint density at radius 1 is 1.24 bits per heavy atom. The van der Waals surface area contributed by atoms with Crippen molar-refractivity contribution in [2.24, 2.45) is 11.7 Å². The highest BCUT2D eigenvalue weighted by Gasteiger charge is 2.25. The lowest BCUT2D eigenvalue weighted by molar-refractivity contribution is -0.126. The fraction of sp³-hybridized carbons (Fsp3) is 0.318.